The molecule has 0 saturated carbocycles. The van der Waals surface area contributed by atoms with Gasteiger partial charge in [-0.2, -0.15) is 5.26 Å². The minimum absolute atomic E-state index is 0.0168. The molecule has 0 aliphatic rings. The first-order valence-corrected chi connectivity index (χ1v) is 8.76. The first kappa shape index (κ1) is 19.6. The molecule has 2 rings (SSSR count). The molecule has 2 aromatic rings. The van der Waals surface area contributed by atoms with Gasteiger partial charge < -0.3 is 4.74 Å². The topological polar surface area (TPSA) is 72.1 Å². The quantitative estimate of drug-likeness (QED) is 0.614. The number of nitrogens with zero attached hydrogens (tertiary/aromatic N) is 2. The smallest absolute Gasteiger partial charge is 0.352 e. The molecular formula is C17H18N2O3S2. The molecule has 0 aromatic carbocycles. The van der Waals surface area contributed by atoms with Crippen LogP contribution in [0.15, 0.2) is 35.0 Å². The second-order valence-electron chi connectivity index (χ2n) is 4.48. The van der Waals surface area contributed by atoms with Gasteiger partial charge in [0.2, 0.25) is 0 Å². The fourth-order valence-corrected chi connectivity index (χ4v) is 3.19. The summed E-state index contributed by atoms with van der Waals surface area (Å²) in [4.78, 5) is 24.7. The third kappa shape index (κ3) is 5.05. The fraction of sp³-hybridized carbons (Fsp3) is 0.235. The van der Waals surface area contributed by atoms with Crippen molar-refractivity contribution in [1.29, 1.82) is 5.26 Å². The van der Waals surface area contributed by atoms with Crippen LogP contribution in [0.25, 0.3) is 12.2 Å². The Morgan fingerprint density at radius 3 is 2.67 bits per heavy atom. The van der Waals surface area contributed by atoms with Crippen LogP contribution < -0.4 is 14.8 Å². The van der Waals surface area contributed by atoms with Crippen LogP contribution in [0.3, 0.4) is 0 Å². The average Bonchev–Trinajstić information content (AvgIpc) is 3.14. The molecule has 0 unspecified atom stereocenters. The van der Waals surface area contributed by atoms with E-state index in [4.69, 9.17) is 10.00 Å². The zero-order valence-electron chi connectivity index (χ0n) is 13.6. The number of carbonyl (C=O) groups excluding carboxylic acids is 1. The highest BCUT2D eigenvalue weighted by atomic mass is 32.1. The monoisotopic (exact) mass is 362 g/mol. The van der Waals surface area contributed by atoms with Gasteiger partial charge >= 0.3 is 5.97 Å². The summed E-state index contributed by atoms with van der Waals surface area (Å²) in [5, 5.41) is 11.1. The third-order valence-corrected chi connectivity index (χ3v) is 4.63. The minimum atomic E-state index is -0.763. The molecule has 0 N–H and O–H groups in total. The number of rotatable bonds is 4. The maximum absolute atomic E-state index is 11.7. The predicted octanol–water partition coefficient (Wildman–Crippen LogP) is 1.80. The lowest BCUT2D eigenvalue weighted by molar-refractivity contribution is -0.135. The summed E-state index contributed by atoms with van der Waals surface area (Å²) in [6.07, 6.45) is 1.40. The van der Waals surface area contributed by atoms with Gasteiger partial charge in [-0.05, 0) is 25.3 Å². The fourth-order valence-electron chi connectivity index (χ4n) is 1.68. The Balaban J connectivity index is 0.000000400. The number of thiazole rings is 1. The van der Waals surface area contributed by atoms with Gasteiger partial charge in [0.25, 0.3) is 5.56 Å². The van der Waals surface area contributed by atoms with Crippen LogP contribution in [0, 0.1) is 18.3 Å². The zero-order valence-corrected chi connectivity index (χ0v) is 15.2. The largest absolute Gasteiger partial charge is 0.457 e. The third-order valence-electron chi connectivity index (χ3n) is 2.79. The van der Waals surface area contributed by atoms with E-state index in [1.165, 1.54) is 15.5 Å². The summed E-state index contributed by atoms with van der Waals surface area (Å²) in [6.45, 7) is 11.2. The van der Waals surface area contributed by atoms with Gasteiger partial charge in [0.1, 0.15) is 17.3 Å². The van der Waals surface area contributed by atoms with Crippen molar-refractivity contribution in [2.75, 3.05) is 6.61 Å². The highest BCUT2D eigenvalue weighted by Gasteiger charge is 2.15. The first-order valence-electron chi connectivity index (χ1n) is 7.07. The molecule has 0 atom stereocenters. The lowest BCUT2D eigenvalue weighted by atomic mass is 10.3. The zero-order chi connectivity index (χ0) is 18.1. The van der Waals surface area contributed by atoms with Gasteiger partial charge in [-0.3, -0.25) is 9.36 Å². The van der Waals surface area contributed by atoms with E-state index in [-0.39, 0.29) is 26.9 Å². The van der Waals surface area contributed by atoms with E-state index in [1.54, 1.807) is 24.3 Å². The van der Waals surface area contributed by atoms with Crippen LogP contribution in [0.5, 0.6) is 0 Å². The average molecular weight is 362 g/mol. The summed E-state index contributed by atoms with van der Waals surface area (Å²) >= 11 is 2.79. The normalized spacial score (nSPS) is 10.9. The van der Waals surface area contributed by atoms with Crippen molar-refractivity contribution in [1.82, 2.24) is 4.57 Å². The molecule has 126 valence electrons. The lowest BCUT2D eigenvalue weighted by Gasteiger charge is -2.00. The minimum Gasteiger partial charge on any atom is -0.457 e. The number of thiophene rings is 1. The molecule has 0 amide bonds. The Labute approximate surface area is 148 Å². The van der Waals surface area contributed by atoms with Gasteiger partial charge in [-0.25, -0.2) is 4.79 Å². The number of hydrogen-bond donors (Lipinski definition) is 0. The van der Waals surface area contributed by atoms with E-state index in [0.717, 1.165) is 11.3 Å². The molecule has 5 nitrogen and oxygen atoms in total. The number of esters is 1. The lowest BCUT2D eigenvalue weighted by Crippen LogP contribution is -2.31. The number of hydrogen-bond acceptors (Lipinski definition) is 6. The van der Waals surface area contributed by atoms with Crippen molar-refractivity contribution in [3.63, 3.8) is 0 Å². The van der Waals surface area contributed by atoms with Crippen LogP contribution in [-0.4, -0.2) is 17.1 Å². The summed E-state index contributed by atoms with van der Waals surface area (Å²) in [5.74, 6) is -0.763. The number of ether oxygens (including phenoxy) is 1. The van der Waals surface area contributed by atoms with E-state index in [2.05, 4.69) is 37.6 Å². The summed E-state index contributed by atoms with van der Waals surface area (Å²) in [5.41, 5.74) is -0.475. The van der Waals surface area contributed by atoms with Gasteiger partial charge in [0, 0.05) is 11.4 Å². The van der Waals surface area contributed by atoms with E-state index in [0.29, 0.717) is 6.54 Å². The van der Waals surface area contributed by atoms with Crippen LogP contribution in [-0.2, 0) is 16.1 Å². The molecule has 0 aliphatic carbocycles. The summed E-state index contributed by atoms with van der Waals surface area (Å²) in [6, 6.07) is 5.93. The highest BCUT2D eigenvalue weighted by Crippen LogP contribution is 2.03. The van der Waals surface area contributed by atoms with Crippen molar-refractivity contribution in [2.45, 2.75) is 20.4 Å². The molecule has 2 aromatic heterocycles. The van der Waals surface area contributed by atoms with Crippen molar-refractivity contribution >= 4 is 40.8 Å². The Morgan fingerprint density at radius 2 is 2.25 bits per heavy atom. The van der Waals surface area contributed by atoms with E-state index < -0.39 is 5.97 Å². The van der Waals surface area contributed by atoms with Gasteiger partial charge in [-0.1, -0.05) is 25.3 Å². The van der Waals surface area contributed by atoms with Gasteiger partial charge in [0.15, 0.2) is 5.57 Å². The standard InChI is InChI=1S/C12H12N2O3S.C5H6S/c1-4-6-17-12(16)9(7-13)11-14(5-2)10(15)8(3)18-11;1-5-3-2-4-6-5/h4H,1,3,5-6H2,2H3;2-4H,1H3/b11-9-;. The Bertz CT molecular complexity index is 899. The number of aromatic nitrogens is 1. The molecule has 0 aliphatic heterocycles. The van der Waals surface area contributed by atoms with Crippen LogP contribution in [0.4, 0.5) is 0 Å². The molecule has 0 radical (unpaired) electrons. The Kier molecular flexibility index (Phi) is 7.89. The molecule has 7 heteroatoms. The maximum Gasteiger partial charge on any atom is 0.352 e. The highest BCUT2D eigenvalue weighted by molar-refractivity contribution is 7.09. The molecule has 0 bridgehead atoms. The second kappa shape index (κ2) is 9.65. The molecule has 0 spiro atoms. The van der Waals surface area contributed by atoms with Crippen molar-refractivity contribution in [3.8, 4) is 6.07 Å². The Morgan fingerprint density at radius 1 is 1.54 bits per heavy atom. The summed E-state index contributed by atoms with van der Waals surface area (Å²) < 4.78 is 6.71. The molecule has 0 saturated heterocycles. The van der Waals surface area contributed by atoms with Crippen LogP contribution in [0.1, 0.15) is 11.8 Å². The van der Waals surface area contributed by atoms with Crippen molar-refractivity contribution in [2.24, 2.45) is 0 Å². The first-order chi connectivity index (χ1) is 11.5. The number of carbonyl (C=O) groups is 1. The van der Waals surface area contributed by atoms with E-state index in [9.17, 15) is 9.59 Å². The molecule has 2 heterocycles. The number of nitriles is 1. The van der Waals surface area contributed by atoms with Crippen LogP contribution >= 0.6 is 22.7 Å². The van der Waals surface area contributed by atoms with Crippen LogP contribution in [0.2, 0.25) is 0 Å². The summed E-state index contributed by atoms with van der Waals surface area (Å²) in [7, 11) is 0. The van der Waals surface area contributed by atoms with Gasteiger partial charge in [0.05, 0.1) is 4.53 Å². The Hall–Kier alpha value is -2.43. The maximum atomic E-state index is 11.7. The molecule has 24 heavy (non-hydrogen) atoms. The molecular weight excluding hydrogens is 344 g/mol. The SMILES string of the molecule is C=CCOC(=O)/C(C#N)=c1\sc(=C)c(=O)n1CC.Cc1cccs1. The number of aryl methyl sites for hydroxylation is 1. The van der Waals surface area contributed by atoms with E-state index >= 15 is 0 Å². The van der Waals surface area contributed by atoms with E-state index in [1.807, 2.05) is 0 Å². The predicted molar refractivity (Wildman–Crippen MR) is 98.3 cm³/mol. The molecule has 0 fully saturated rings. The second-order valence-corrected chi connectivity index (χ2v) is 6.71. The van der Waals surface area contributed by atoms with Gasteiger partial charge in [-0.15, -0.1) is 22.7 Å². The van der Waals surface area contributed by atoms with Crippen molar-refractivity contribution in [3.05, 3.63) is 54.6 Å². The van der Waals surface area contributed by atoms with Crippen molar-refractivity contribution < 1.29 is 9.53 Å².